The first-order chi connectivity index (χ1) is 13.5. The Kier molecular flexibility index (Phi) is 6.49. The van der Waals surface area contributed by atoms with E-state index in [0.717, 1.165) is 16.8 Å². The van der Waals surface area contributed by atoms with Crippen molar-refractivity contribution < 1.29 is 19.4 Å². The maximum absolute atomic E-state index is 12.2. The van der Waals surface area contributed by atoms with Crippen LogP contribution in [-0.2, 0) is 22.6 Å². The van der Waals surface area contributed by atoms with Crippen LogP contribution in [0, 0.1) is 0 Å². The van der Waals surface area contributed by atoms with Crippen LogP contribution in [0.4, 0.5) is 10.5 Å². The molecule has 7 nitrogen and oxygen atoms in total. The van der Waals surface area contributed by atoms with Gasteiger partial charge in [0.05, 0.1) is 0 Å². The molecule has 3 N–H and O–H groups in total. The van der Waals surface area contributed by atoms with Gasteiger partial charge in [0.25, 0.3) is 0 Å². The van der Waals surface area contributed by atoms with Gasteiger partial charge in [0, 0.05) is 31.9 Å². The van der Waals surface area contributed by atoms with Crippen molar-refractivity contribution in [1.29, 1.82) is 0 Å². The molecule has 148 valence electrons. The van der Waals surface area contributed by atoms with Gasteiger partial charge in [-0.15, -0.1) is 0 Å². The summed E-state index contributed by atoms with van der Waals surface area (Å²) >= 11 is 0. The van der Waals surface area contributed by atoms with Crippen LogP contribution in [0.15, 0.2) is 54.6 Å². The highest BCUT2D eigenvalue weighted by Crippen LogP contribution is 2.18. The summed E-state index contributed by atoms with van der Waals surface area (Å²) in [5, 5.41) is 8.90. The van der Waals surface area contributed by atoms with Gasteiger partial charge in [-0.1, -0.05) is 42.5 Å². The normalized spacial score (nSPS) is 15.2. The van der Waals surface area contributed by atoms with Crippen molar-refractivity contribution in [3.63, 3.8) is 0 Å². The number of carbonyl (C=O) groups is 2. The zero-order valence-electron chi connectivity index (χ0n) is 15.7. The van der Waals surface area contributed by atoms with Gasteiger partial charge in [-0.05, 0) is 29.7 Å². The lowest BCUT2D eigenvalue weighted by Crippen LogP contribution is -2.48. The van der Waals surface area contributed by atoms with Crippen LogP contribution < -0.4 is 10.6 Å². The maximum Gasteiger partial charge on any atom is 0.410 e. The number of carboxylic acid groups (broad SMARTS) is 1. The lowest BCUT2D eigenvalue weighted by atomic mass is 10.1. The summed E-state index contributed by atoms with van der Waals surface area (Å²) in [6, 6.07) is 16.5. The summed E-state index contributed by atoms with van der Waals surface area (Å²) in [4.78, 5) is 27.0. The molecule has 0 bridgehead atoms. The fourth-order valence-electron chi connectivity index (χ4n) is 3.14. The molecule has 1 atom stereocenters. The second-order valence-electron chi connectivity index (χ2n) is 6.83. The van der Waals surface area contributed by atoms with E-state index >= 15 is 0 Å². The van der Waals surface area contributed by atoms with Crippen molar-refractivity contribution in [2.24, 2.45) is 5.73 Å². The topological polar surface area (TPSA) is 96.1 Å². The minimum atomic E-state index is -1.00. The molecule has 0 saturated carbocycles. The van der Waals surface area contributed by atoms with E-state index in [4.69, 9.17) is 15.6 Å². The molecule has 0 aliphatic carbocycles. The van der Waals surface area contributed by atoms with Crippen molar-refractivity contribution in [3.8, 4) is 0 Å². The number of nitrogens with two attached hydrogens (primary N) is 1. The number of rotatable bonds is 6. The maximum atomic E-state index is 12.2. The number of carboxylic acids is 1. The number of ether oxygens (including phenoxy) is 1. The molecule has 0 unspecified atom stereocenters. The Morgan fingerprint density at radius 3 is 2.21 bits per heavy atom. The number of nitrogens with zero attached hydrogens (tertiary/aromatic N) is 2. The van der Waals surface area contributed by atoms with E-state index in [9.17, 15) is 9.59 Å². The Balaban J connectivity index is 1.46. The van der Waals surface area contributed by atoms with Crippen molar-refractivity contribution >= 4 is 17.7 Å². The monoisotopic (exact) mass is 383 g/mol. The van der Waals surface area contributed by atoms with Crippen LogP contribution in [-0.4, -0.2) is 54.3 Å². The van der Waals surface area contributed by atoms with Crippen molar-refractivity contribution in [2.75, 3.05) is 31.1 Å². The summed E-state index contributed by atoms with van der Waals surface area (Å²) < 4.78 is 5.39. The molecular formula is C21H25N3O4. The summed E-state index contributed by atoms with van der Waals surface area (Å²) in [7, 11) is 0. The van der Waals surface area contributed by atoms with E-state index in [1.165, 1.54) is 0 Å². The fraction of sp³-hybridized carbons (Fsp3) is 0.333. The minimum absolute atomic E-state index is 0.278. The molecule has 2 aromatic rings. The van der Waals surface area contributed by atoms with Gasteiger partial charge in [0.1, 0.15) is 12.6 Å². The fourth-order valence-corrected chi connectivity index (χ4v) is 3.14. The molecule has 0 spiro atoms. The highest BCUT2D eigenvalue weighted by atomic mass is 16.6. The predicted molar refractivity (Wildman–Crippen MR) is 106 cm³/mol. The molecule has 1 saturated heterocycles. The highest BCUT2D eigenvalue weighted by molar-refractivity contribution is 5.73. The first-order valence-electron chi connectivity index (χ1n) is 9.31. The van der Waals surface area contributed by atoms with Gasteiger partial charge in [-0.3, -0.25) is 4.79 Å². The van der Waals surface area contributed by atoms with Crippen LogP contribution in [0.25, 0.3) is 0 Å². The third-order valence-electron chi connectivity index (χ3n) is 4.82. The number of benzene rings is 2. The zero-order chi connectivity index (χ0) is 19.9. The number of piperazine rings is 1. The average molecular weight is 383 g/mol. The Morgan fingerprint density at radius 2 is 1.61 bits per heavy atom. The number of anilines is 1. The predicted octanol–water partition coefficient (Wildman–Crippen LogP) is 2.10. The molecule has 7 heteroatoms. The molecule has 1 amide bonds. The Morgan fingerprint density at radius 1 is 0.964 bits per heavy atom. The molecule has 0 radical (unpaired) electrons. The van der Waals surface area contributed by atoms with E-state index in [1.807, 2.05) is 54.6 Å². The quantitative estimate of drug-likeness (QED) is 0.793. The van der Waals surface area contributed by atoms with Gasteiger partial charge in [0.2, 0.25) is 0 Å². The number of amides is 1. The largest absolute Gasteiger partial charge is 0.480 e. The van der Waals surface area contributed by atoms with Crippen LogP contribution in [0.2, 0.25) is 0 Å². The Labute approximate surface area is 164 Å². The molecule has 1 heterocycles. The zero-order valence-corrected chi connectivity index (χ0v) is 15.7. The van der Waals surface area contributed by atoms with E-state index in [1.54, 1.807) is 4.90 Å². The first kappa shape index (κ1) is 19.7. The van der Waals surface area contributed by atoms with Gasteiger partial charge in [-0.25, -0.2) is 4.79 Å². The van der Waals surface area contributed by atoms with Gasteiger partial charge >= 0.3 is 12.1 Å². The second-order valence-corrected chi connectivity index (χ2v) is 6.83. The van der Waals surface area contributed by atoms with Gasteiger partial charge in [0.15, 0.2) is 0 Å². The summed E-state index contributed by atoms with van der Waals surface area (Å²) in [5.41, 5.74) is 8.48. The lowest BCUT2D eigenvalue weighted by molar-refractivity contribution is -0.138. The van der Waals surface area contributed by atoms with Crippen molar-refractivity contribution in [1.82, 2.24) is 4.90 Å². The lowest BCUT2D eigenvalue weighted by Gasteiger charge is -2.35. The number of carbonyl (C=O) groups excluding carboxylic acids is 1. The van der Waals surface area contributed by atoms with Crippen LogP contribution in [0.1, 0.15) is 11.1 Å². The Hall–Kier alpha value is -3.06. The first-order valence-corrected chi connectivity index (χ1v) is 9.31. The number of hydrogen-bond donors (Lipinski definition) is 2. The minimum Gasteiger partial charge on any atom is -0.480 e. The van der Waals surface area contributed by atoms with Crippen LogP contribution >= 0.6 is 0 Å². The standard InChI is InChI=1S/C21H25N3O4/c22-19(20(25)26)14-16-6-8-18(9-7-16)23-10-12-24(13-11-23)21(27)28-15-17-4-2-1-3-5-17/h1-9,19H,10-15,22H2,(H,25,26)/t19-/m0/s1. The Bertz CT molecular complexity index is 787. The molecule has 1 aliphatic heterocycles. The smallest absolute Gasteiger partial charge is 0.410 e. The average Bonchev–Trinajstić information content (AvgIpc) is 2.73. The second kappa shape index (κ2) is 9.23. The highest BCUT2D eigenvalue weighted by Gasteiger charge is 2.22. The molecule has 0 aromatic heterocycles. The molecule has 28 heavy (non-hydrogen) atoms. The number of aliphatic carboxylic acids is 1. The van der Waals surface area contributed by atoms with E-state index < -0.39 is 12.0 Å². The molecule has 3 rings (SSSR count). The van der Waals surface area contributed by atoms with Crippen LogP contribution in [0.5, 0.6) is 0 Å². The van der Waals surface area contributed by atoms with E-state index in [0.29, 0.717) is 32.6 Å². The van der Waals surface area contributed by atoms with E-state index in [-0.39, 0.29) is 12.7 Å². The summed E-state index contributed by atoms with van der Waals surface area (Å²) in [5.74, 6) is -1.00. The third-order valence-corrected chi connectivity index (χ3v) is 4.82. The SMILES string of the molecule is N[C@@H](Cc1ccc(N2CCN(C(=O)OCc3ccccc3)CC2)cc1)C(=O)O. The van der Waals surface area contributed by atoms with Gasteiger partial charge < -0.3 is 25.4 Å². The number of hydrogen-bond acceptors (Lipinski definition) is 5. The molecule has 2 aromatic carbocycles. The van der Waals surface area contributed by atoms with Crippen molar-refractivity contribution in [2.45, 2.75) is 19.1 Å². The van der Waals surface area contributed by atoms with Crippen molar-refractivity contribution in [3.05, 3.63) is 65.7 Å². The van der Waals surface area contributed by atoms with Gasteiger partial charge in [-0.2, -0.15) is 0 Å². The van der Waals surface area contributed by atoms with E-state index in [2.05, 4.69) is 4.90 Å². The summed E-state index contributed by atoms with van der Waals surface area (Å²) in [6.07, 6.45) is 0.0120. The molecule has 1 aliphatic rings. The molecule has 1 fully saturated rings. The van der Waals surface area contributed by atoms with Crippen LogP contribution in [0.3, 0.4) is 0 Å². The molecular weight excluding hydrogens is 358 g/mol. The summed E-state index contributed by atoms with van der Waals surface area (Å²) in [6.45, 7) is 2.90. The third kappa shape index (κ3) is 5.23.